The van der Waals surface area contributed by atoms with Crippen molar-refractivity contribution in [3.63, 3.8) is 0 Å². The maximum absolute atomic E-state index is 13.2. The van der Waals surface area contributed by atoms with E-state index in [1.807, 2.05) is 38.1 Å². The van der Waals surface area contributed by atoms with Crippen LogP contribution in [0, 0.1) is 12.7 Å². The predicted molar refractivity (Wildman–Crippen MR) is 115 cm³/mol. The van der Waals surface area contributed by atoms with Crippen LogP contribution in [0.1, 0.15) is 34.5 Å². The summed E-state index contributed by atoms with van der Waals surface area (Å²) in [5, 5.41) is 2.91. The summed E-state index contributed by atoms with van der Waals surface area (Å²) in [5.74, 6) is -0.821. The quantitative estimate of drug-likeness (QED) is 0.633. The van der Waals surface area contributed by atoms with E-state index in [0.29, 0.717) is 5.69 Å². The molecule has 0 aliphatic heterocycles. The zero-order valence-electron chi connectivity index (χ0n) is 17.0. The number of hydrogen-bond acceptors (Lipinski definition) is 3. The van der Waals surface area contributed by atoms with Gasteiger partial charge in [0.1, 0.15) is 5.82 Å². The highest BCUT2D eigenvalue weighted by molar-refractivity contribution is 7.92. The number of nitrogens with one attached hydrogen (secondary N) is 1. The fraction of sp³-hybridized carbons (Fsp3) is 0.174. The van der Waals surface area contributed by atoms with Gasteiger partial charge in [-0.3, -0.25) is 9.10 Å². The molecule has 0 heterocycles. The second-order valence-corrected chi connectivity index (χ2v) is 9.00. The van der Waals surface area contributed by atoms with Gasteiger partial charge in [0.05, 0.1) is 16.6 Å². The van der Waals surface area contributed by atoms with E-state index >= 15 is 0 Å². The van der Waals surface area contributed by atoms with Crippen LogP contribution in [0.25, 0.3) is 0 Å². The maximum atomic E-state index is 13.2. The van der Waals surface area contributed by atoms with Crippen molar-refractivity contribution in [3.05, 3.63) is 95.3 Å². The molecule has 0 saturated heterocycles. The van der Waals surface area contributed by atoms with E-state index in [4.69, 9.17) is 0 Å². The lowest BCUT2D eigenvalue weighted by Gasteiger charge is -2.20. The molecule has 30 heavy (non-hydrogen) atoms. The van der Waals surface area contributed by atoms with Crippen molar-refractivity contribution in [1.82, 2.24) is 5.32 Å². The Labute approximate surface area is 176 Å². The van der Waals surface area contributed by atoms with Gasteiger partial charge < -0.3 is 5.32 Å². The molecule has 0 radical (unpaired) electrons. The number of amides is 1. The van der Waals surface area contributed by atoms with Crippen LogP contribution in [0.2, 0.25) is 0 Å². The molecule has 0 aromatic heterocycles. The third-order valence-corrected chi connectivity index (χ3v) is 6.73. The van der Waals surface area contributed by atoms with Crippen molar-refractivity contribution in [2.45, 2.75) is 24.8 Å². The Morgan fingerprint density at radius 2 is 1.67 bits per heavy atom. The van der Waals surface area contributed by atoms with Crippen molar-refractivity contribution < 1.29 is 17.6 Å². The number of halogens is 1. The molecular formula is C23H23FN2O3S. The van der Waals surface area contributed by atoms with Crippen LogP contribution in [0.15, 0.2) is 77.7 Å². The first kappa shape index (κ1) is 21.5. The maximum Gasteiger partial charge on any atom is 0.264 e. The Balaban J connectivity index is 1.83. The molecule has 0 bridgehead atoms. The zero-order chi connectivity index (χ0) is 21.9. The van der Waals surface area contributed by atoms with Gasteiger partial charge >= 0.3 is 0 Å². The number of hydrogen-bond donors (Lipinski definition) is 1. The van der Waals surface area contributed by atoms with Crippen LogP contribution in [-0.2, 0) is 10.0 Å². The van der Waals surface area contributed by atoms with E-state index in [0.717, 1.165) is 15.4 Å². The summed E-state index contributed by atoms with van der Waals surface area (Å²) in [7, 11) is -2.53. The van der Waals surface area contributed by atoms with Gasteiger partial charge in [0, 0.05) is 12.6 Å². The molecule has 1 N–H and O–H groups in total. The van der Waals surface area contributed by atoms with Crippen molar-refractivity contribution in [2.75, 3.05) is 11.4 Å². The third kappa shape index (κ3) is 4.52. The fourth-order valence-electron chi connectivity index (χ4n) is 3.18. The van der Waals surface area contributed by atoms with E-state index in [-0.39, 0.29) is 22.4 Å². The smallest absolute Gasteiger partial charge is 0.264 e. The molecule has 1 atom stereocenters. The molecule has 3 rings (SSSR count). The van der Waals surface area contributed by atoms with Crippen molar-refractivity contribution in [2.24, 2.45) is 0 Å². The number of aryl methyl sites for hydroxylation is 1. The summed E-state index contributed by atoms with van der Waals surface area (Å²) >= 11 is 0. The van der Waals surface area contributed by atoms with E-state index in [2.05, 4.69) is 5.32 Å². The average Bonchev–Trinajstić information content (AvgIpc) is 2.74. The minimum absolute atomic E-state index is 0.0227. The predicted octanol–water partition coefficient (Wildman–Crippen LogP) is 4.45. The number of carbonyl (C=O) groups excluding carboxylic acids is 1. The van der Waals surface area contributed by atoms with Gasteiger partial charge in [-0.2, -0.15) is 0 Å². The van der Waals surface area contributed by atoms with Gasteiger partial charge in [0.15, 0.2) is 0 Å². The van der Waals surface area contributed by atoms with Gasteiger partial charge in [-0.15, -0.1) is 0 Å². The molecule has 0 aliphatic carbocycles. The lowest BCUT2D eigenvalue weighted by molar-refractivity contribution is 0.0939. The Morgan fingerprint density at radius 1 is 1.00 bits per heavy atom. The highest BCUT2D eigenvalue weighted by Crippen LogP contribution is 2.23. The molecule has 1 amide bonds. The summed E-state index contributed by atoms with van der Waals surface area (Å²) in [5.41, 5.74) is 2.61. The summed E-state index contributed by atoms with van der Waals surface area (Å²) in [6.45, 7) is 3.85. The first-order chi connectivity index (χ1) is 14.2. The largest absolute Gasteiger partial charge is 0.346 e. The Morgan fingerprint density at radius 3 is 2.33 bits per heavy atom. The van der Waals surface area contributed by atoms with Gasteiger partial charge in [-0.1, -0.05) is 30.3 Å². The number of carbonyl (C=O) groups is 1. The van der Waals surface area contributed by atoms with E-state index in [1.54, 1.807) is 6.07 Å². The van der Waals surface area contributed by atoms with Gasteiger partial charge in [0.25, 0.3) is 15.9 Å². The monoisotopic (exact) mass is 426 g/mol. The fourth-order valence-corrected chi connectivity index (χ4v) is 4.42. The number of nitrogens with zero attached hydrogens (tertiary/aromatic N) is 1. The number of sulfonamides is 1. The minimum Gasteiger partial charge on any atom is -0.346 e. The zero-order valence-corrected chi connectivity index (χ0v) is 17.8. The second kappa shape index (κ2) is 8.67. The first-order valence-electron chi connectivity index (χ1n) is 9.41. The Hall–Kier alpha value is -3.19. The van der Waals surface area contributed by atoms with Crippen LogP contribution in [-0.4, -0.2) is 21.4 Å². The molecule has 0 aliphatic rings. The van der Waals surface area contributed by atoms with Crippen molar-refractivity contribution >= 4 is 21.6 Å². The number of anilines is 1. The summed E-state index contributed by atoms with van der Waals surface area (Å²) in [4.78, 5) is 12.7. The van der Waals surface area contributed by atoms with Crippen LogP contribution in [0.3, 0.4) is 0 Å². The molecule has 3 aromatic carbocycles. The number of rotatable bonds is 6. The van der Waals surface area contributed by atoms with Crippen molar-refractivity contribution in [3.8, 4) is 0 Å². The summed E-state index contributed by atoms with van der Waals surface area (Å²) in [6, 6.07) is 18.5. The lowest BCUT2D eigenvalue weighted by atomic mass is 10.0. The molecule has 0 fully saturated rings. The SMILES string of the molecule is Cc1ccccc1[C@H](C)NC(=O)c1cccc(S(=O)(=O)N(C)c2ccc(F)cc2)c1. The van der Waals surface area contributed by atoms with Crippen LogP contribution >= 0.6 is 0 Å². The molecular weight excluding hydrogens is 403 g/mol. The van der Waals surface area contributed by atoms with Gasteiger partial charge in [-0.05, 0) is 67.4 Å². The molecule has 0 unspecified atom stereocenters. The molecule has 0 spiro atoms. The molecule has 0 saturated carbocycles. The van der Waals surface area contributed by atoms with E-state index < -0.39 is 15.8 Å². The number of benzene rings is 3. The molecule has 3 aromatic rings. The van der Waals surface area contributed by atoms with Gasteiger partial charge in [0.2, 0.25) is 0 Å². The van der Waals surface area contributed by atoms with Crippen molar-refractivity contribution in [1.29, 1.82) is 0 Å². The highest BCUT2D eigenvalue weighted by atomic mass is 32.2. The topological polar surface area (TPSA) is 66.5 Å². The third-order valence-electron chi connectivity index (χ3n) is 4.95. The Kier molecular flexibility index (Phi) is 6.22. The standard InChI is InChI=1S/C23H23FN2O3S/c1-16-7-4-5-10-22(16)17(2)25-23(27)18-8-6-9-21(15-18)30(28,29)26(3)20-13-11-19(24)12-14-20/h4-15,17H,1-3H3,(H,25,27)/t17-/m0/s1. The molecule has 7 heteroatoms. The second-order valence-electron chi connectivity index (χ2n) is 7.03. The lowest BCUT2D eigenvalue weighted by Crippen LogP contribution is -2.29. The molecule has 156 valence electrons. The van der Waals surface area contributed by atoms with Crippen LogP contribution in [0.4, 0.5) is 10.1 Å². The summed E-state index contributed by atoms with van der Waals surface area (Å²) < 4.78 is 40.2. The molecule has 5 nitrogen and oxygen atoms in total. The van der Waals surface area contributed by atoms with Gasteiger partial charge in [-0.25, -0.2) is 12.8 Å². The van der Waals surface area contributed by atoms with E-state index in [9.17, 15) is 17.6 Å². The van der Waals surface area contributed by atoms with Crippen LogP contribution < -0.4 is 9.62 Å². The first-order valence-corrected chi connectivity index (χ1v) is 10.8. The highest BCUT2D eigenvalue weighted by Gasteiger charge is 2.23. The Bertz CT molecular complexity index is 1160. The minimum atomic E-state index is -3.92. The average molecular weight is 427 g/mol. The normalized spacial score (nSPS) is 12.3. The van der Waals surface area contributed by atoms with E-state index in [1.165, 1.54) is 49.5 Å². The summed E-state index contributed by atoms with van der Waals surface area (Å²) in [6.07, 6.45) is 0. The van der Waals surface area contributed by atoms with Crippen LogP contribution in [0.5, 0.6) is 0 Å².